The van der Waals surface area contributed by atoms with Crippen LogP contribution < -0.4 is 9.64 Å². The van der Waals surface area contributed by atoms with Gasteiger partial charge in [0.2, 0.25) is 0 Å². The van der Waals surface area contributed by atoms with Gasteiger partial charge in [0.25, 0.3) is 5.91 Å². The van der Waals surface area contributed by atoms with Gasteiger partial charge < -0.3 is 19.8 Å². The minimum absolute atomic E-state index is 0.0560. The van der Waals surface area contributed by atoms with Gasteiger partial charge >= 0.3 is 0 Å². The predicted molar refractivity (Wildman–Crippen MR) is 86.8 cm³/mol. The van der Waals surface area contributed by atoms with Crippen molar-refractivity contribution < 1.29 is 19.7 Å². The Morgan fingerprint density at radius 1 is 1.22 bits per heavy atom. The van der Waals surface area contributed by atoms with Crippen LogP contribution in [0.2, 0.25) is 0 Å². The molecule has 3 rings (SSSR count). The summed E-state index contributed by atoms with van der Waals surface area (Å²) >= 11 is 0. The van der Waals surface area contributed by atoms with Crippen molar-refractivity contribution in [1.29, 1.82) is 0 Å². The summed E-state index contributed by atoms with van der Waals surface area (Å²) in [5.41, 5.74) is 2.65. The highest BCUT2D eigenvalue weighted by Gasteiger charge is 2.34. The maximum Gasteiger partial charge on any atom is 0.268 e. The van der Waals surface area contributed by atoms with Crippen molar-refractivity contribution in [3.63, 3.8) is 0 Å². The van der Waals surface area contributed by atoms with E-state index in [1.807, 2.05) is 31.2 Å². The third-order valence-electron chi connectivity index (χ3n) is 4.03. The molecule has 5 heteroatoms. The van der Waals surface area contributed by atoms with E-state index in [1.54, 1.807) is 6.07 Å². The average Bonchev–Trinajstić information content (AvgIpc) is 2.54. The molecule has 2 aromatic rings. The number of nitrogens with zero attached hydrogens (tertiary/aromatic N) is 1. The number of β-amino-alcohol motifs (C(OH)–C–C–N with tert-alkyl or cyclic N) is 1. The molecule has 120 valence electrons. The third-order valence-corrected chi connectivity index (χ3v) is 4.03. The fraction of sp³-hybridized carbons (Fsp3) is 0.278. The van der Waals surface area contributed by atoms with E-state index < -0.39 is 6.10 Å². The van der Waals surface area contributed by atoms with Crippen LogP contribution in [0.5, 0.6) is 11.5 Å². The molecule has 1 atom stereocenters. The Balaban J connectivity index is 1.93. The zero-order chi connectivity index (χ0) is 16.4. The SMILES string of the molecule is Cc1ccccc1CC1Oc2ccc(O)cc2N(CCO)C1=O. The van der Waals surface area contributed by atoms with Crippen molar-refractivity contribution in [3.8, 4) is 11.5 Å². The first-order valence-corrected chi connectivity index (χ1v) is 7.56. The van der Waals surface area contributed by atoms with E-state index in [4.69, 9.17) is 4.74 Å². The highest BCUT2D eigenvalue weighted by molar-refractivity contribution is 6.00. The summed E-state index contributed by atoms with van der Waals surface area (Å²) in [4.78, 5) is 14.2. The molecular weight excluding hydrogens is 294 g/mol. The van der Waals surface area contributed by atoms with Gasteiger partial charge in [-0.2, -0.15) is 0 Å². The van der Waals surface area contributed by atoms with Gasteiger partial charge in [0.1, 0.15) is 11.5 Å². The molecule has 1 amide bonds. The number of carbonyl (C=O) groups excluding carboxylic acids is 1. The van der Waals surface area contributed by atoms with Crippen molar-refractivity contribution in [2.75, 3.05) is 18.1 Å². The molecule has 1 heterocycles. The minimum Gasteiger partial charge on any atom is -0.508 e. The molecule has 0 bridgehead atoms. The zero-order valence-electron chi connectivity index (χ0n) is 12.9. The van der Waals surface area contributed by atoms with E-state index in [9.17, 15) is 15.0 Å². The number of fused-ring (bicyclic) bond motifs is 1. The Bertz CT molecular complexity index is 729. The molecule has 0 radical (unpaired) electrons. The van der Waals surface area contributed by atoms with Crippen LogP contribution in [0.3, 0.4) is 0 Å². The number of rotatable bonds is 4. The van der Waals surface area contributed by atoms with E-state index in [1.165, 1.54) is 17.0 Å². The molecule has 23 heavy (non-hydrogen) atoms. The molecule has 2 aromatic carbocycles. The number of aliphatic hydroxyl groups excluding tert-OH is 1. The first-order valence-electron chi connectivity index (χ1n) is 7.56. The fourth-order valence-corrected chi connectivity index (χ4v) is 2.81. The number of aryl methyl sites for hydroxylation is 1. The number of benzene rings is 2. The molecule has 2 N–H and O–H groups in total. The number of hydrogen-bond acceptors (Lipinski definition) is 4. The number of anilines is 1. The zero-order valence-corrected chi connectivity index (χ0v) is 12.9. The lowest BCUT2D eigenvalue weighted by Gasteiger charge is -2.34. The van der Waals surface area contributed by atoms with Crippen molar-refractivity contribution in [3.05, 3.63) is 53.6 Å². The molecule has 0 aromatic heterocycles. The molecule has 5 nitrogen and oxygen atoms in total. The number of phenols is 1. The normalized spacial score (nSPS) is 16.9. The molecule has 0 saturated carbocycles. The summed E-state index contributed by atoms with van der Waals surface area (Å²) in [5.74, 6) is 0.385. The minimum atomic E-state index is -0.639. The summed E-state index contributed by atoms with van der Waals surface area (Å²) in [6.07, 6.45) is -0.173. The number of carbonyl (C=O) groups is 1. The monoisotopic (exact) mass is 313 g/mol. The van der Waals surface area contributed by atoms with Crippen LogP contribution in [0.1, 0.15) is 11.1 Å². The first kappa shape index (κ1) is 15.4. The van der Waals surface area contributed by atoms with Gasteiger partial charge in [0.15, 0.2) is 6.10 Å². The topological polar surface area (TPSA) is 70.0 Å². The van der Waals surface area contributed by atoms with E-state index >= 15 is 0 Å². The first-order chi connectivity index (χ1) is 11.1. The fourth-order valence-electron chi connectivity index (χ4n) is 2.81. The van der Waals surface area contributed by atoms with E-state index in [2.05, 4.69) is 0 Å². The largest absolute Gasteiger partial charge is 0.508 e. The van der Waals surface area contributed by atoms with Gasteiger partial charge in [-0.3, -0.25) is 4.79 Å². The van der Waals surface area contributed by atoms with E-state index in [-0.39, 0.29) is 24.8 Å². The molecule has 1 unspecified atom stereocenters. The second kappa shape index (κ2) is 6.30. The second-order valence-electron chi connectivity index (χ2n) is 5.60. The van der Waals surface area contributed by atoms with Gasteiger partial charge in [0, 0.05) is 19.0 Å². The van der Waals surface area contributed by atoms with Gasteiger partial charge in [-0.1, -0.05) is 24.3 Å². The Morgan fingerprint density at radius 2 is 2.00 bits per heavy atom. The summed E-state index contributed by atoms with van der Waals surface area (Å²) in [6, 6.07) is 12.5. The Morgan fingerprint density at radius 3 is 2.74 bits per heavy atom. The lowest BCUT2D eigenvalue weighted by atomic mass is 10.0. The standard InChI is InChI=1S/C18H19NO4/c1-12-4-2-3-5-13(12)10-17-18(22)19(8-9-20)15-11-14(21)6-7-16(15)23-17/h2-7,11,17,20-21H,8-10H2,1H3. The third kappa shape index (κ3) is 3.00. The van der Waals surface area contributed by atoms with Gasteiger partial charge in [-0.15, -0.1) is 0 Å². The maximum absolute atomic E-state index is 12.7. The van der Waals surface area contributed by atoms with Crippen LogP contribution in [0.25, 0.3) is 0 Å². The highest BCUT2D eigenvalue weighted by Crippen LogP contribution is 2.37. The number of amides is 1. The Hall–Kier alpha value is -2.53. The van der Waals surface area contributed by atoms with Crippen molar-refractivity contribution in [2.45, 2.75) is 19.4 Å². The lowest BCUT2D eigenvalue weighted by molar-refractivity contribution is -0.126. The van der Waals surface area contributed by atoms with Crippen LogP contribution in [-0.4, -0.2) is 35.4 Å². The average molecular weight is 313 g/mol. The molecule has 0 fully saturated rings. The van der Waals surface area contributed by atoms with Crippen molar-refractivity contribution >= 4 is 11.6 Å². The van der Waals surface area contributed by atoms with Crippen LogP contribution >= 0.6 is 0 Å². The predicted octanol–water partition coefficient (Wildman–Crippen LogP) is 2.03. The van der Waals surface area contributed by atoms with Crippen molar-refractivity contribution in [2.24, 2.45) is 0 Å². The van der Waals surface area contributed by atoms with Crippen molar-refractivity contribution in [1.82, 2.24) is 0 Å². The van der Waals surface area contributed by atoms with E-state index in [0.717, 1.165) is 11.1 Å². The maximum atomic E-state index is 12.7. The summed E-state index contributed by atoms with van der Waals surface area (Å²) < 4.78 is 5.85. The Labute approximate surface area is 134 Å². The number of phenolic OH excluding ortho intramolecular Hbond substituents is 1. The molecule has 0 aliphatic carbocycles. The number of hydrogen-bond donors (Lipinski definition) is 2. The number of aliphatic hydroxyl groups is 1. The molecule has 0 spiro atoms. The van der Waals surface area contributed by atoms with Crippen LogP contribution in [-0.2, 0) is 11.2 Å². The highest BCUT2D eigenvalue weighted by atomic mass is 16.5. The Kier molecular flexibility index (Phi) is 4.21. The molecule has 1 aliphatic rings. The van der Waals surface area contributed by atoms with Crippen LogP contribution in [0.4, 0.5) is 5.69 Å². The van der Waals surface area contributed by atoms with Gasteiger partial charge in [-0.05, 0) is 30.2 Å². The summed E-state index contributed by atoms with van der Waals surface area (Å²) in [7, 11) is 0. The van der Waals surface area contributed by atoms with Crippen LogP contribution in [0, 0.1) is 6.92 Å². The summed E-state index contributed by atoms with van der Waals surface area (Å²) in [6.45, 7) is 2.01. The molecule has 1 aliphatic heterocycles. The quantitative estimate of drug-likeness (QED) is 0.906. The number of aromatic hydroxyl groups is 1. The van der Waals surface area contributed by atoms with Gasteiger partial charge in [-0.25, -0.2) is 0 Å². The van der Waals surface area contributed by atoms with Crippen LogP contribution in [0.15, 0.2) is 42.5 Å². The van der Waals surface area contributed by atoms with E-state index in [0.29, 0.717) is 17.9 Å². The molecule has 0 saturated heterocycles. The summed E-state index contributed by atoms with van der Waals surface area (Å²) in [5, 5.41) is 18.9. The molecular formula is C18H19NO4. The lowest BCUT2D eigenvalue weighted by Crippen LogP contribution is -2.48. The smallest absolute Gasteiger partial charge is 0.268 e. The number of ether oxygens (including phenoxy) is 1. The van der Waals surface area contributed by atoms with Gasteiger partial charge in [0.05, 0.1) is 12.3 Å². The second-order valence-corrected chi connectivity index (χ2v) is 5.60.